The van der Waals surface area contributed by atoms with Gasteiger partial charge in [-0.15, -0.1) is 0 Å². The summed E-state index contributed by atoms with van der Waals surface area (Å²) >= 11 is 0. The molecular formula is C13H17N3O3. The lowest BCUT2D eigenvalue weighted by Gasteiger charge is -2.09. The van der Waals surface area contributed by atoms with Crippen LogP contribution in [0.15, 0.2) is 35.4 Å². The zero-order valence-electron chi connectivity index (χ0n) is 10.6. The third-order valence-electron chi connectivity index (χ3n) is 2.50. The van der Waals surface area contributed by atoms with Gasteiger partial charge in [-0.25, -0.2) is 0 Å². The molecule has 6 nitrogen and oxygen atoms in total. The fraction of sp³-hybridized carbons (Fsp3) is 0.462. The van der Waals surface area contributed by atoms with Crippen molar-refractivity contribution in [2.45, 2.75) is 32.0 Å². The molecule has 0 spiro atoms. The number of aliphatic hydroxyl groups excluding tert-OH is 1. The van der Waals surface area contributed by atoms with E-state index >= 15 is 0 Å². The van der Waals surface area contributed by atoms with Crippen molar-refractivity contribution in [3.63, 3.8) is 0 Å². The zero-order chi connectivity index (χ0) is 13.9. The van der Waals surface area contributed by atoms with E-state index in [-0.39, 0.29) is 13.0 Å². The molecule has 0 bridgehead atoms. The Morgan fingerprint density at radius 1 is 1.42 bits per heavy atom. The normalized spacial score (nSPS) is 11.4. The van der Waals surface area contributed by atoms with E-state index in [4.69, 9.17) is 10.3 Å². The summed E-state index contributed by atoms with van der Waals surface area (Å²) in [5.74, 6) is -0.430. The molecule has 1 unspecified atom stereocenters. The molecule has 1 rings (SSSR count). The van der Waals surface area contributed by atoms with E-state index in [9.17, 15) is 9.90 Å². The van der Waals surface area contributed by atoms with E-state index in [1.807, 2.05) is 30.3 Å². The fourth-order valence-electron chi connectivity index (χ4n) is 1.53. The van der Waals surface area contributed by atoms with Crippen LogP contribution >= 0.6 is 0 Å². The number of rotatable bonds is 8. The highest BCUT2D eigenvalue weighted by Crippen LogP contribution is 2.06. The lowest BCUT2D eigenvalue weighted by molar-refractivity contribution is -0.147. The smallest absolute Gasteiger partial charge is 0.308 e. The van der Waals surface area contributed by atoms with E-state index in [1.54, 1.807) is 0 Å². The zero-order valence-corrected chi connectivity index (χ0v) is 10.6. The molecule has 0 aliphatic rings. The molecule has 19 heavy (non-hydrogen) atoms. The minimum Gasteiger partial charge on any atom is -0.461 e. The first kappa shape index (κ1) is 15.0. The highest BCUT2D eigenvalue weighted by molar-refractivity contribution is 5.69. The summed E-state index contributed by atoms with van der Waals surface area (Å²) in [7, 11) is 0. The number of benzene rings is 1. The molecule has 0 saturated carbocycles. The first-order valence-electron chi connectivity index (χ1n) is 6.11. The second-order valence-electron chi connectivity index (χ2n) is 4.10. The molecule has 1 aromatic rings. The van der Waals surface area contributed by atoms with Crippen LogP contribution in [0.5, 0.6) is 0 Å². The van der Waals surface area contributed by atoms with Crippen LogP contribution in [0, 0.1) is 0 Å². The van der Waals surface area contributed by atoms with Gasteiger partial charge < -0.3 is 9.84 Å². The number of hydrogen-bond donors (Lipinski definition) is 1. The van der Waals surface area contributed by atoms with Gasteiger partial charge in [0.25, 0.3) is 0 Å². The van der Waals surface area contributed by atoms with Gasteiger partial charge in [0.1, 0.15) is 6.61 Å². The maximum Gasteiger partial charge on any atom is 0.308 e. The number of ether oxygens (including phenoxy) is 1. The standard InChI is InChI=1S/C13H17N3O3/c14-16-15-8-4-7-12(17)9-13(18)19-10-11-5-2-1-3-6-11/h1-3,5-6,12,17H,4,7-10H2. The van der Waals surface area contributed by atoms with Gasteiger partial charge in [-0.2, -0.15) is 0 Å². The average molecular weight is 263 g/mol. The number of aliphatic hydroxyl groups is 1. The molecule has 0 amide bonds. The van der Waals surface area contributed by atoms with Gasteiger partial charge in [0.15, 0.2) is 0 Å². The van der Waals surface area contributed by atoms with Crippen LogP contribution in [0.1, 0.15) is 24.8 Å². The Hall–Kier alpha value is -2.04. The molecule has 1 N–H and O–H groups in total. The number of esters is 1. The van der Waals surface area contributed by atoms with Gasteiger partial charge in [-0.3, -0.25) is 4.79 Å². The minimum atomic E-state index is -0.753. The molecule has 0 aromatic heterocycles. The Bertz CT molecular complexity index is 430. The minimum absolute atomic E-state index is 0.0386. The van der Waals surface area contributed by atoms with E-state index in [0.29, 0.717) is 19.4 Å². The summed E-state index contributed by atoms with van der Waals surface area (Å²) in [4.78, 5) is 14.1. The van der Waals surface area contributed by atoms with Gasteiger partial charge in [0.2, 0.25) is 0 Å². The Morgan fingerprint density at radius 2 is 2.16 bits per heavy atom. The molecule has 1 aromatic carbocycles. The maximum absolute atomic E-state index is 11.5. The van der Waals surface area contributed by atoms with Crippen LogP contribution in [0.4, 0.5) is 0 Å². The molecule has 6 heteroatoms. The SMILES string of the molecule is [N-]=[N+]=NCCCC(O)CC(=O)OCc1ccccc1. The van der Waals surface area contributed by atoms with E-state index in [2.05, 4.69) is 10.0 Å². The number of nitrogens with zero attached hydrogens (tertiary/aromatic N) is 3. The third-order valence-corrected chi connectivity index (χ3v) is 2.50. The average Bonchev–Trinajstić information content (AvgIpc) is 2.42. The molecule has 0 fully saturated rings. The van der Waals surface area contributed by atoms with E-state index in [0.717, 1.165) is 5.56 Å². The summed E-state index contributed by atoms with van der Waals surface area (Å²) in [6.45, 7) is 0.539. The van der Waals surface area contributed by atoms with Crippen molar-refractivity contribution in [2.75, 3.05) is 6.54 Å². The lowest BCUT2D eigenvalue weighted by Crippen LogP contribution is -2.16. The van der Waals surface area contributed by atoms with Crippen LogP contribution in [-0.4, -0.2) is 23.7 Å². The quantitative estimate of drug-likeness (QED) is 0.257. The Morgan fingerprint density at radius 3 is 2.84 bits per heavy atom. The van der Waals surface area contributed by atoms with Crippen molar-refractivity contribution >= 4 is 5.97 Å². The predicted molar refractivity (Wildman–Crippen MR) is 70.1 cm³/mol. The molecule has 0 heterocycles. The topological polar surface area (TPSA) is 95.3 Å². The van der Waals surface area contributed by atoms with Gasteiger partial charge in [-0.1, -0.05) is 35.4 Å². The monoisotopic (exact) mass is 263 g/mol. The summed E-state index contributed by atoms with van der Waals surface area (Å²) in [5, 5.41) is 12.9. The van der Waals surface area contributed by atoms with Gasteiger partial charge >= 0.3 is 5.97 Å². The molecule has 0 aliphatic heterocycles. The van der Waals surface area contributed by atoms with Crippen LogP contribution in [0.2, 0.25) is 0 Å². The van der Waals surface area contributed by atoms with Crippen molar-refractivity contribution in [3.8, 4) is 0 Å². The Balaban J connectivity index is 2.18. The lowest BCUT2D eigenvalue weighted by atomic mass is 10.1. The Kier molecular flexibility index (Phi) is 7.09. The van der Waals surface area contributed by atoms with Crippen molar-refractivity contribution < 1.29 is 14.6 Å². The molecule has 1 atom stereocenters. The van der Waals surface area contributed by atoms with Crippen LogP contribution in [0.3, 0.4) is 0 Å². The van der Waals surface area contributed by atoms with E-state index < -0.39 is 12.1 Å². The fourth-order valence-corrected chi connectivity index (χ4v) is 1.53. The van der Waals surface area contributed by atoms with Crippen LogP contribution in [0.25, 0.3) is 10.4 Å². The van der Waals surface area contributed by atoms with Crippen LogP contribution in [-0.2, 0) is 16.1 Å². The first-order valence-corrected chi connectivity index (χ1v) is 6.11. The largest absolute Gasteiger partial charge is 0.461 e. The van der Waals surface area contributed by atoms with Crippen molar-refractivity contribution in [2.24, 2.45) is 5.11 Å². The predicted octanol–water partition coefficient (Wildman–Crippen LogP) is 2.57. The van der Waals surface area contributed by atoms with Crippen molar-refractivity contribution in [1.29, 1.82) is 0 Å². The van der Waals surface area contributed by atoms with Gasteiger partial charge in [-0.05, 0) is 23.9 Å². The number of carbonyl (C=O) groups is 1. The molecule has 0 saturated heterocycles. The van der Waals surface area contributed by atoms with Gasteiger partial charge in [0.05, 0.1) is 12.5 Å². The maximum atomic E-state index is 11.5. The summed E-state index contributed by atoms with van der Waals surface area (Å²) in [6.07, 6.45) is 0.178. The number of azide groups is 1. The second-order valence-corrected chi connectivity index (χ2v) is 4.10. The molecule has 0 aliphatic carbocycles. The number of carbonyl (C=O) groups excluding carboxylic acids is 1. The summed E-state index contributed by atoms with van der Waals surface area (Å²) < 4.78 is 5.05. The molecular weight excluding hydrogens is 246 g/mol. The number of hydrogen-bond acceptors (Lipinski definition) is 4. The summed E-state index contributed by atoms with van der Waals surface area (Å²) in [5.41, 5.74) is 8.99. The molecule has 102 valence electrons. The first-order chi connectivity index (χ1) is 9.22. The van der Waals surface area contributed by atoms with Crippen molar-refractivity contribution in [3.05, 3.63) is 46.3 Å². The van der Waals surface area contributed by atoms with Crippen LogP contribution < -0.4 is 0 Å². The van der Waals surface area contributed by atoms with E-state index in [1.165, 1.54) is 0 Å². The Labute approximate surface area is 111 Å². The third kappa shape index (κ3) is 7.08. The molecule has 0 radical (unpaired) electrons. The second kappa shape index (κ2) is 8.97. The van der Waals surface area contributed by atoms with Gasteiger partial charge in [0, 0.05) is 11.5 Å². The summed E-state index contributed by atoms with van der Waals surface area (Å²) in [6, 6.07) is 9.35. The highest BCUT2D eigenvalue weighted by atomic mass is 16.5. The highest BCUT2D eigenvalue weighted by Gasteiger charge is 2.11. The van der Waals surface area contributed by atoms with Crippen molar-refractivity contribution in [1.82, 2.24) is 0 Å².